The van der Waals surface area contributed by atoms with Crippen molar-refractivity contribution >= 4 is 17.5 Å². The molecule has 2 fully saturated rings. The number of carbonyl (C=O) groups is 2. The van der Waals surface area contributed by atoms with Crippen molar-refractivity contribution in [2.75, 3.05) is 44.3 Å². The minimum atomic E-state index is -1.09. The van der Waals surface area contributed by atoms with Crippen LogP contribution in [0.25, 0.3) is 0 Å². The molecule has 2 saturated heterocycles. The first-order valence-corrected chi connectivity index (χ1v) is 13.4. The van der Waals surface area contributed by atoms with E-state index in [1.54, 1.807) is 0 Å². The molecule has 0 aliphatic carbocycles. The molecule has 5 rings (SSSR count). The number of morpholine rings is 1. The molecule has 4 heterocycles. The van der Waals surface area contributed by atoms with Gasteiger partial charge < -0.3 is 19.4 Å². The number of carbonyl (C=O) groups excluding carboxylic acids is 2. The molecule has 0 N–H and O–H groups in total. The molecule has 3 aliphatic heterocycles. The number of fused-ring (bicyclic) bond motifs is 3. The van der Waals surface area contributed by atoms with Crippen molar-refractivity contribution in [3.63, 3.8) is 0 Å². The summed E-state index contributed by atoms with van der Waals surface area (Å²) in [5.41, 5.74) is 3.22. The normalized spacial score (nSPS) is 23.9. The Morgan fingerprint density at radius 2 is 1.86 bits per heavy atom. The van der Waals surface area contributed by atoms with Crippen LogP contribution in [-0.4, -0.2) is 72.0 Å². The predicted octanol–water partition coefficient (Wildman–Crippen LogP) is 3.97. The lowest BCUT2D eigenvalue weighted by Gasteiger charge is -2.48. The summed E-state index contributed by atoms with van der Waals surface area (Å²) in [6.45, 7) is 12.4. The summed E-state index contributed by atoms with van der Waals surface area (Å²) in [5.74, 6) is 0.0822. The van der Waals surface area contributed by atoms with Gasteiger partial charge in [0.1, 0.15) is 0 Å². The van der Waals surface area contributed by atoms with Gasteiger partial charge in [0.25, 0.3) is 11.8 Å². The first-order valence-electron chi connectivity index (χ1n) is 13.4. The van der Waals surface area contributed by atoms with Crippen LogP contribution in [0.15, 0.2) is 36.4 Å². The average molecular weight is 491 g/mol. The van der Waals surface area contributed by atoms with Gasteiger partial charge in [-0.2, -0.15) is 0 Å². The first-order chi connectivity index (χ1) is 17.4. The smallest absolute Gasteiger partial charge is 0.257 e. The van der Waals surface area contributed by atoms with Crippen molar-refractivity contribution in [1.29, 1.82) is 0 Å². The lowest BCUT2D eigenvalue weighted by molar-refractivity contribution is -0.151. The van der Waals surface area contributed by atoms with Crippen molar-refractivity contribution in [2.45, 2.75) is 64.5 Å². The van der Waals surface area contributed by atoms with Crippen LogP contribution in [0.5, 0.6) is 0 Å². The fraction of sp³-hybridized carbons (Fsp3) is 0.552. The molecule has 192 valence electrons. The highest BCUT2D eigenvalue weighted by Crippen LogP contribution is 2.46. The third kappa shape index (κ3) is 4.07. The summed E-state index contributed by atoms with van der Waals surface area (Å²) in [6, 6.07) is 12.2. The first kappa shape index (κ1) is 24.8. The zero-order valence-electron chi connectivity index (χ0n) is 22.0. The monoisotopic (exact) mass is 490 g/mol. The van der Waals surface area contributed by atoms with Crippen molar-refractivity contribution in [3.8, 4) is 0 Å². The Morgan fingerprint density at radius 3 is 2.53 bits per heavy atom. The molecular formula is C29H38N4O3. The van der Waals surface area contributed by atoms with E-state index < -0.39 is 5.54 Å². The maximum absolute atomic E-state index is 14.1. The lowest BCUT2D eigenvalue weighted by Crippen LogP contribution is -2.66. The minimum Gasteiger partial charge on any atom is -0.378 e. The molecule has 7 heteroatoms. The molecule has 2 amide bonds. The maximum Gasteiger partial charge on any atom is 0.257 e. The number of benzene rings is 1. The fourth-order valence-corrected chi connectivity index (χ4v) is 6.03. The Kier molecular flexibility index (Phi) is 6.77. The van der Waals surface area contributed by atoms with Gasteiger partial charge in [0.2, 0.25) is 0 Å². The third-order valence-corrected chi connectivity index (χ3v) is 7.92. The van der Waals surface area contributed by atoms with Gasteiger partial charge in [0, 0.05) is 26.2 Å². The summed E-state index contributed by atoms with van der Waals surface area (Å²) in [7, 11) is 0. The topological polar surface area (TPSA) is 66.0 Å². The minimum absolute atomic E-state index is 0.00584. The number of aromatic nitrogens is 1. The van der Waals surface area contributed by atoms with Crippen LogP contribution in [0.3, 0.4) is 0 Å². The quantitative estimate of drug-likeness (QED) is 0.588. The summed E-state index contributed by atoms with van der Waals surface area (Å²) in [4.78, 5) is 39.4. The number of amides is 2. The van der Waals surface area contributed by atoms with Gasteiger partial charge in [0.15, 0.2) is 5.54 Å². The van der Waals surface area contributed by atoms with E-state index >= 15 is 0 Å². The van der Waals surface area contributed by atoms with Crippen LogP contribution in [0.4, 0.5) is 5.69 Å². The number of pyridine rings is 1. The van der Waals surface area contributed by atoms with Gasteiger partial charge in [-0.25, -0.2) is 0 Å². The number of ether oxygens (including phenoxy) is 1. The molecule has 0 spiro atoms. The number of unbranched alkanes of at least 4 members (excludes halogenated alkanes) is 1. The highest BCUT2D eigenvalue weighted by Gasteiger charge is 2.59. The second kappa shape index (κ2) is 9.85. The van der Waals surface area contributed by atoms with Crippen LogP contribution in [-0.2, 0) is 21.5 Å². The molecular weight excluding hydrogens is 452 g/mol. The molecule has 2 aromatic rings. The SMILES string of the molecule is CCCCN1C[C@H](Cc2ccccc2)N2C(=O)c3cc(N4CCOCC4)c(C(C)C)nc3[C@@]2(C)C1=O. The van der Waals surface area contributed by atoms with Crippen LogP contribution >= 0.6 is 0 Å². The third-order valence-electron chi connectivity index (χ3n) is 7.92. The Labute approximate surface area is 214 Å². The van der Waals surface area contributed by atoms with Gasteiger partial charge in [0.05, 0.1) is 41.9 Å². The highest BCUT2D eigenvalue weighted by molar-refractivity contribution is 6.07. The van der Waals surface area contributed by atoms with Gasteiger partial charge in [-0.3, -0.25) is 14.6 Å². The number of anilines is 1. The molecule has 1 aromatic heterocycles. The van der Waals surface area contributed by atoms with Crippen LogP contribution in [0.2, 0.25) is 0 Å². The number of hydrogen-bond acceptors (Lipinski definition) is 5. The number of nitrogens with zero attached hydrogens (tertiary/aromatic N) is 4. The number of hydrogen-bond donors (Lipinski definition) is 0. The highest BCUT2D eigenvalue weighted by atomic mass is 16.5. The molecule has 1 aromatic carbocycles. The van der Waals surface area contributed by atoms with E-state index in [2.05, 4.69) is 37.8 Å². The Morgan fingerprint density at radius 1 is 1.14 bits per heavy atom. The van der Waals surface area contributed by atoms with Gasteiger partial charge in [-0.05, 0) is 37.3 Å². The Hall–Kier alpha value is -2.93. The van der Waals surface area contributed by atoms with Gasteiger partial charge >= 0.3 is 0 Å². The van der Waals surface area contributed by atoms with Crippen molar-refractivity contribution in [2.24, 2.45) is 0 Å². The molecule has 2 atom stereocenters. The van der Waals surface area contributed by atoms with E-state index in [-0.39, 0.29) is 23.8 Å². The summed E-state index contributed by atoms with van der Waals surface area (Å²) < 4.78 is 5.57. The molecule has 36 heavy (non-hydrogen) atoms. The van der Waals surface area contributed by atoms with Gasteiger partial charge in [-0.15, -0.1) is 0 Å². The Bertz CT molecular complexity index is 1130. The van der Waals surface area contributed by atoms with E-state index in [1.807, 2.05) is 41.0 Å². The van der Waals surface area contributed by atoms with E-state index in [1.165, 1.54) is 5.56 Å². The largest absolute Gasteiger partial charge is 0.378 e. The zero-order chi connectivity index (χ0) is 25.4. The lowest BCUT2D eigenvalue weighted by atomic mass is 9.88. The van der Waals surface area contributed by atoms with E-state index in [9.17, 15) is 9.59 Å². The predicted molar refractivity (Wildman–Crippen MR) is 140 cm³/mol. The standard InChI is InChI=1S/C29H38N4O3/c1-5-6-12-32-19-22(17-21-10-8-7-9-11-21)33-27(34)23-18-24(31-13-15-36-16-14-31)25(20(2)3)30-26(23)29(33,4)28(32)35/h7-11,18,20,22H,5-6,12-17,19H2,1-4H3/t22-,29-/m0/s1. The van der Waals surface area contributed by atoms with E-state index in [0.717, 1.165) is 37.3 Å². The summed E-state index contributed by atoms with van der Waals surface area (Å²) in [6.07, 6.45) is 2.67. The summed E-state index contributed by atoms with van der Waals surface area (Å²) in [5, 5.41) is 0. The average Bonchev–Trinajstić information content (AvgIpc) is 3.12. The van der Waals surface area contributed by atoms with Crippen LogP contribution in [0.1, 0.15) is 73.8 Å². The number of rotatable bonds is 7. The molecule has 7 nitrogen and oxygen atoms in total. The molecule has 0 radical (unpaired) electrons. The fourth-order valence-electron chi connectivity index (χ4n) is 6.03. The van der Waals surface area contributed by atoms with Gasteiger partial charge in [-0.1, -0.05) is 57.5 Å². The van der Waals surface area contributed by atoms with E-state index in [0.29, 0.717) is 44.0 Å². The van der Waals surface area contributed by atoms with Crippen LogP contribution < -0.4 is 4.90 Å². The maximum atomic E-state index is 14.1. The van der Waals surface area contributed by atoms with Crippen LogP contribution in [0, 0.1) is 0 Å². The second-order valence-electron chi connectivity index (χ2n) is 10.7. The zero-order valence-corrected chi connectivity index (χ0v) is 22.0. The van der Waals surface area contributed by atoms with Crippen molar-refractivity contribution < 1.29 is 14.3 Å². The second-order valence-corrected chi connectivity index (χ2v) is 10.7. The number of piperazine rings is 1. The van der Waals surface area contributed by atoms with Crippen molar-refractivity contribution in [1.82, 2.24) is 14.8 Å². The summed E-state index contributed by atoms with van der Waals surface area (Å²) >= 11 is 0. The van der Waals surface area contributed by atoms with E-state index in [4.69, 9.17) is 9.72 Å². The molecule has 3 aliphatic rings. The molecule has 0 bridgehead atoms. The Balaban J connectivity index is 1.62. The van der Waals surface area contributed by atoms with Crippen molar-refractivity contribution in [3.05, 3.63) is 58.9 Å². The molecule has 0 saturated carbocycles. The molecule has 0 unspecified atom stereocenters.